The lowest BCUT2D eigenvalue weighted by molar-refractivity contribution is -0.384. The molecule has 3 aromatic rings. The second-order valence-electron chi connectivity index (χ2n) is 7.72. The van der Waals surface area contributed by atoms with E-state index in [9.17, 15) is 15.2 Å². The molecule has 0 amide bonds. The molecule has 1 unspecified atom stereocenters. The molecule has 4 rings (SSSR count). The first-order valence-electron chi connectivity index (χ1n) is 10.2. The summed E-state index contributed by atoms with van der Waals surface area (Å²) in [6, 6.07) is 16.4. The van der Waals surface area contributed by atoms with Crippen LogP contribution in [0, 0.1) is 10.1 Å². The maximum atomic E-state index is 11.3. The molecule has 1 atom stereocenters. The Balaban J connectivity index is 1.28. The third kappa shape index (κ3) is 5.32. The number of nitrogens with zero attached hydrogens (tertiary/aromatic N) is 2. The molecule has 8 heteroatoms. The van der Waals surface area contributed by atoms with Gasteiger partial charge in [0.05, 0.1) is 23.1 Å². The zero-order valence-electron chi connectivity index (χ0n) is 17.0. The lowest BCUT2D eigenvalue weighted by atomic mass is 10.00. The molecule has 0 saturated carbocycles. The SMILES string of the molecule is O=[N+]([O-])c1cc(Cl)ccc1-c1ccc(CNCC(O)CN2CCc3ccccc3C2)o1. The standard InChI is InChI=1S/C23H24ClN3O4/c24-18-5-7-21(22(11-18)27(29)30)23-8-6-20(31-23)13-25-12-19(28)15-26-10-9-16-3-1-2-4-17(16)14-26/h1-8,11,19,25,28H,9-10,12-15H2. The largest absolute Gasteiger partial charge is 0.459 e. The van der Waals surface area contributed by atoms with Crippen molar-refractivity contribution in [3.05, 3.63) is 86.6 Å². The van der Waals surface area contributed by atoms with Crippen molar-refractivity contribution in [2.75, 3.05) is 19.6 Å². The van der Waals surface area contributed by atoms with Crippen LogP contribution in [0.25, 0.3) is 11.3 Å². The van der Waals surface area contributed by atoms with Gasteiger partial charge in [0.2, 0.25) is 0 Å². The maximum Gasteiger partial charge on any atom is 0.281 e. The Labute approximate surface area is 185 Å². The van der Waals surface area contributed by atoms with Crippen molar-refractivity contribution in [3.63, 3.8) is 0 Å². The van der Waals surface area contributed by atoms with E-state index >= 15 is 0 Å². The van der Waals surface area contributed by atoms with E-state index in [0.717, 1.165) is 19.5 Å². The van der Waals surface area contributed by atoms with Gasteiger partial charge < -0.3 is 14.8 Å². The molecule has 2 heterocycles. The summed E-state index contributed by atoms with van der Waals surface area (Å²) in [6.45, 7) is 3.24. The van der Waals surface area contributed by atoms with Gasteiger partial charge >= 0.3 is 0 Å². The molecule has 2 aromatic carbocycles. The number of nitrogens with one attached hydrogen (secondary N) is 1. The van der Waals surface area contributed by atoms with Crippen LogP contribution in [0.3, 0.4) is 0 Å². The number of furan rings is 1. The van der Waals surface area contributed by atoms with Gasteiger partial charge in [-0.3, -0.25) is 15.0 Å². The van der Waals surface area contributed by atoms with Crippen molar-refractivity contribution in [3.8, 4) is 11.3 Å². The Morgan fingerprint density at radius 3 is 2.81 bits per heavy atom. The van der Waals surface area contributed by atoms with E-state index in [1.807, 2.05) is 0 Å². The van der Waals surface area contributed by atoms with Crippen LogP contribution in [0.4, 0.5) is 5.69 Å². The molecule has 162 valence electrons. The number of hydrogen-bond donors (Lipinski definition) is 2. The lowest BCUT2D eigenvalue weighted by Crippen LogP contribution is -2.40. The Hall–Kier alpha value is -2.71. The van der Waals surface area contributed by atoms with Crippen LogP contribution >= 0.6 is 11.6 Å². The summed E-state index contributed by atoms with van der Waals surface area (Å²) in [5, 5.41) is 25.2. The first kappa shape index (κ1) is 21.5. The van der Waals surface area contributed by atoms with E-state index in [2.05, 4.69) is 34.5 Å². The average Bonchev–Trinajstić information content (AvgIpc) is 3.22. The molecular formula is C23H24ClN3O4. The highest BCUT2D eigenvalue weighted by Gasteiger charge is 2.20. The summed E-state index contributed by atoms with van der Waals surface area (Å²) in [6.07, 6.45) is 0.500. The lowest BCUT2D eigenvalue weighted by Gasteiger charge is -2.30. The van der Waals surface area contributed by atoms with E-state index in [-0.39, 0.29) is 5.69 Å². The number of benzene rings is 2. The molecular weight excluding hydrogens is 418 g/mol. The van der Waals surface area contributed by atoms with Gasteiger partial charge in [-0.05, 0) is 41.8 Å². The van der Waals surface area contributed by atoms with Crippen molar-refractivity contribution < 1.29 is 14.4 Å². The second-order valence-corrected chi connectivity index (χ2v) is 8.16. The molecule has 1 aromatic heterocycles. The monoisotopic (exact) mass is 441 g/mol. The molecule has 2 N–H and O–H groups in total. The van der Waals surface area contributed by atoms with E-state index in [1.165, 1.54) is 17.2 Å². The third-order valence-corrected chi connectivity index (χ3v) is 5.68. The Kier molecular flexibility index (Phi) is 6.67. The zero-order chi connectivity index (χ0) is 21.8. The first-order valence-corrected chi connectivity index (χ1v) is 10.6. The van der Waals surface area contributed by atoms with Crippen LogP contribution < -0.4 is 5.32 Å². The van der Waals surface area contributed by atoms with Crippen LogP contribution in [0.15, 0.2) is 59.0 Å². The molecule has 1 aliphatic rings. The Bertz CT molecular complexity index is 1070. The molecule has 0 saturated heterocycles. The molecule has 0 fully saturated rings. The smallest absolute Gasteiger partial charge is 0.281 e. The third-order valence-electron chi connectivity index (χ3n) is 5.44. The number of fused-ring (bicyclic) bond motifs is 1. The van der Waals surface area contributed by atoms with Crippen LogP contribution in [-0.2, 0) is 19.5 Å². The van der Waals surface area contributed by atoms with Gasteiger partial charge in [-0.1, -0.05) is 35.9 Å². The Morgan fingerprint density at radius 2 is 2.00 bits per heavy atom. The highest BCUT2D eigenvalue weighted by Crippen LogP contribution is 2.33. The fourth-order valence-electron chi connectivity index (χ4n) is 3.92. The van der Waals surface area contributed by atoms with Crippen molar-refractivity contribution >= 4 is 17.3 Å². The molecule has 0 bridgehead atoms. The van der Waals surface area contributed by atoms with Gasteiger partial charge in [0.25, 0.3) is 5.69 Å². The minimum Gasteiger partial charge on any atom is -0.459 e. The number of nitro groups is 1. The van der Waals surface area contributed by atoms with Crippen molar-refractivity contribution in [1.82, 2.24) is 10.2 Å². The maximum absolute atomic E-state index is 11.3. The first-order chi connectivity index (χ1) is 15.0. The predicted molar refractivity (Wildman–Crippen MR) is 119 cm³/mol. The summed E-state index contributed by atoms with van der Waals surface area (Å²) in [4.78, 5) is 13.1. The summed E-state index contributed by atoms with van der Waals surface area (Å²) < 4.78 is 5.77. The number of aliphatic hydroxyl groups excluding tert-OH is 1. The van der Waals surface area contributed by atoms with Crippen LogP contribution in [0.1, 0.15) is 16.9 Å². The number of halogens is 1. The van der Waals surface area contributed by atoms with Gasteiger partial charge in [0.15, 0.2) is 0 Å². The Morgan fingerprint density at radius 1 is 1.19 bits per heavy atom. The molecule has 0 aliphatic carbocycles. The number of hydrogen-bond acceptors (Lipinski definition) is 6. The molecule has 31 heavy (non-hydrogen) atoms. The number of aliphatic hydroxyl groups is 1. The average molecular weight is 442 g/mol. The number of rotatable bonds is 8. The summed E-state index contributed by atoms with van der Waals surface area (Å²) in [5.74, 6) is 1.05. The van der Waals surface area contributed by atoms with Crippen molar-refractivity contribution in [2.45, 2.75) is 25.6 Å². The van der Waals surface area contributed by atoms with E-state index < -0.39 is 11.0 Å². The zero-order valence-corrected chi connectivity index (χ0v) is 17.7. The van der Waals surface area contributed by atoms with Crippen LogP contribution in [0.5, 0.6) is 0 Å². The van der Waals surface area contributed by atoms with Gasteiger partial charge in [-0.25, -0.2) is 0 Å². The second kappa shape index (κ2) is 9.62. The van der Waals surface area contributed by atoms with Gasteiger partial charge in [-0.15, -0.1) is 0 Å². The summed E-state index contributed by atoms with van der Waals surface area (Å²) >= 11 is 5.87. The van der Waals surface area contributed by atoms with Crippen LogP contribution in [-0.4, -0.2) is 40.7 Å². The minimum atomic E-state index is -0.503. The molecule has 7 nitrogen and oxygen atoms in total. The van der Waals surface area contributed by atoms with Crippen molar-refractivity contribution in [1.29, 1.82) is 0 Å². The van der Waals surface area contributed by atoms with Gasteiger partial charge in [0, 0.05) is 37.3 Å². The number of nitro benzene ring substituents is 1. The summed E-state index contributed by atoms with van der Waals surface area (Å²) in [5.41, 5.74) is 3.00. The predicted octanol–water partition coefficient (Wildman–Crippen LogP) is 4.02. The highest BCUT2D eigenvalue weighted by atomic mass is 35.5. The summed E-state index contributed by atoms with van der Waals surface area (Å²) in [7, 11) is 0. The van der Waals surface area contributed by atoms with E-state index in [4.69, 9.17) is 16.0 Å². The molecule has 0 radical (unpaired) electrons. The fraction of sp³-hybridized carbons (Fsp3) is 0.304. The normalized spacial score (nSPS) is 14.9. The van der Waals surface area contributed by atoms with E-state index in [1.54, 1.807) is 24.3 Å². The highest BCUT2D eigenvalue weighted by molar-refractivity contribution is 6.30. The van der Waals surface area contributed by atoms with E-state index in [0.29, 0.717) is 41.7 Å². The van der Waals surface area contributed by atoms with Gasteiger partial charge in [-0.2, -0.15) is 0 Å². The molecule has 1 aliphatic heterocycles. The topological polar surface area (TPSA) is 91.8 Å². The quantitative estimate of drug-likeness (QED) is 0.405. The van der Waals surface area contributed by atoms with Gasteiger partial charge in [0.1, 0.15) is 11.5 Å². The minimum absolute atomic E-state index is 0.0973. The van der Waals surface area contributed by atoms with Crippen molar-refractivity contribution in [2.24, 2.45) is 0 Å². The fourth-order valence-corrected chi connectivity index (χ4v) is 4.08. The molecule has 0 spiro atoms. The number of β-amino-alcohol motifs (C(OH)–C–C–N with tert-alkyl or cyclic N) is 1. The van der Waals surface area contributed by atoms with Crippen LogP contribution in [0.2, 0.25) is 5.02 Å².